The SMILES string of the molecule is CN(C)c1cc(C=O)ccc1OC[C@@H](C=O)NC(=O)c1cc(Cc2ccccc2)on1. The zero-order chi connectivity index (χ0) is 22.2. The topological polar surface area (TPSA) is 102 Å². The summed E-state index contributed by atoms with van der Waals surface area (Å²) in [5, 5.41) is 6.37. The highest BCUT2D eigenvalue weighted by Crippen LogP contribution is 2.27. The molecule has 1 N–H and O–H groups in total. The molecular formula is C23H23N3O5. The fraction of sp³-hybridized carbons (Fsp3) is 0.217. The van der Waals surface area contributed by atoms with Gasteiger partial charge in [-0.3, -0.25) is 9.59 Å². The van der Waals surface area contributed by atoms with Crippen LogP contribution in [0.1, 0.15) is 32.2 Å². The molecule has 3 aromatic rings. The Hall–Kier alpha value is -3.94. The molecule has 1 amide bonds. The lowest BCUT2D eigenvalue weighted by Gasteiger charge is -2.20. The highest BCUT2D eigenvalue weighted by molar-refractivity contribution is 5.93. The van der Waals surface area contributed by atoms with Gasteiger partial charge in [0.25, 0.3) is 5.91 Å². The number of rotatable bonds is 10. The van der Waals surface area contributed by atoms with E-state index in [1.165, 1.54) is 0 Å². The van der Waals surface area contributed by atoms with E-state index in [2.05, 4.69) is 10.5 Å². The largest absolute Gasteiger partial charge is 0.489 e. The molecule has 0 unspecified atom stereocenters. The van der Waals surface area contributed by atoms with E-state index in [1.54, 1.807) is 29.2 Å². The predicted octanol–water partition coefficient (Wildman–Crippen LogP) is 2.52. The first-order chi connectivity index (χ1) is 15.0. The molecule has 2 aromatic carbocycles. The van der Waals surface area contributed by atoms with Crippen LogP contribution in [0.2, 0.25) is 0 Å². The van der Waals surface area contributed by atoms with Gasteiger partial charge in [0.1, 0.15) is 36.7 Å². The van der Waals surface area contributed by atoms with Crippen LogP contribution in [0, 0.1) is 0 Å². The number of aromatic nitrogens is 1. The maximum atomic E-state index is 12.5. The average Bonchev–Trinajstić information content (AvgIpc) is 3.25. The maximum Gasteiger partial charge on any atom is 0.274 e. The summed E-state index contributed by atoms with van der Waals surface area (Å²) in [4.78, 5) is 36.7. The quantitative estimate of drug-likeness (QED) is 0.502. The molecule has 31 heavy (non-hydrogen) atoms. The molecule has 0 fully saturated rings. The van der Waals surface area contributed by atoms with Gasteiger partial charge < -0.3 is 24.3 Å². The molecule has 1 atom stereocenters. The van der Waals surface area contributed by atoms with Crippen molar-refractivity contribution < 1.29 is 23.6 Å². The monoisotopic (exact) mass is 421 g/mol. The molecule has 0 bridgehead atoms. The number of hydrogen-bond acceptors (Lipinski definition) is 7. The van der Waals surface area contributed by atoms with E-state index in [0.29, 0.717) is 35.5 Å². The Morgan fingerprint density at radius 1 is 1.16 bits per heavy atom. The molecule has 0 saturated heterocycles. The normalized spacial score (nSPS) is 11.4. The molecule has 0 aliphatic rings. The second-order valence-electron chi connectivity index (χ2n) is 7.11. The Morgan fingerprint density at radius 2 is 1.94 bits per heavy atom. The summed E-state index contributed by atoms with van der Waals surface area (Å²) in [6, 6.07) is 15.3. The standard InChI is InChI=1S/C23H23N3O5/c1-26(2)21-11-17(13-27)8-9-22(21)30-15-18(14-28)24-23(29)20-12-19(31-25-20)10-16-6-4-3-5-7-16/h3-9,11-14,18H,10,15H2,1-2H3,(H,24,29)/t18-/m1/s1. The summed E-state index contributed by atoms with van der Waals surface area (Å²) in [6.45, 7) is -0.0781. The predicted molar refractivity (Wildman–Crippen MR) is 115 cm³/mol. The molecule has 1 aromatic heterocycles. The molecule has 0 radical (unpaired) electrons. The molecule has 0 aliphatic carbocycles. The number of anilines is 1. The smallest absolute Gasteiger partial charge is 0.274 e. The summed E-state index contributed by atoms with van der Waals surface area (Å²) in [7, 11) is 3.63. The third-order valence-electron chi connectivity index (χ3n) is 4.51. The van der Waals surface area contributed by atoms with E-state index in [1.807, 2.05) is 44.4 Å². The number of carbonyl (C=O) groups is 3. The van der Waals surface area contributed by atoms with Gasteiger partial charge in [0, 0.05) is 32.1 Å². The summed E-state index contributed by atoms with van der Waals surface area (Å²) >= 11 is 0. The Labute approximate surface area is 179 Å². The first-order valence-corrected chi connectivity index (χ1v) is 9.65. The van der Waals surface area contributed by atoms with Gasteiger partial charge in [-0.15, -0.1) is 0 Å². The fourth-order valence-corrected chi connectivity index (χ4v) is 2.92. The highest BCUT2D eigenvalue weighted by Gasteiger charge is 2.18. The van der Waals surface area contributed by atoms with Crippen molar-refractivity contribution in [2.45, 2.75) is 12.5 Å². The maximum absolute atomic E-state index is 12.5. The number of benzene rings is 2. The van der Waals surface area contributed by atoms with Crippen molar-refractivity contribution in [1.82, 2.24) is 10.5 Å². The number of nitrogens with one attached hydrogen (secondary N) is 1. The molecule has 160 valence electrons. The number of amides is 1. The van der Waals surface area contributed by atoms with Crippen LogP contribution in [-0.2, 0) is 11.2 Å². The molecular weight excluding hydrogens is 398 g/mol. The van der Waals surface area contributed by atoms with E-state index in [-0.39, 0.29) is 12.3 Å². The minimum Gasteiger partial charge on any atom is -0.489 e. The third-order valence-corrected chi connectivity index (χ3v) is 4.51. The van der Waals surface area contributed by atoms with E-state index in [4.69, 9.17) is 9.26 Å². The van der Waals surface area contributed by atoms with Crippen LogP contribution in [0.5, 0.6) is 5.75 Å². The van der Waals surface area contributed by atoms with Crippen LogP contribution in [0.4, 0.5) is 5.69 Å². The Kier molecular flexibility index (Phi) is 7.16. The van der Waals surface area contributed by atoms with Crippen LogP contribution >= 0.6 is 0 Å². The number of carbonyl (C=O) groups excluding carboxylic acids is 3. The van der Waals surface area contributed by atoms with Crippen molar-refractivity contribution in [3.8, 4) is 5.75 Å². The Balaban J connectivity index is 1.61. The van der Waals surface area contributed by atoms with Gasteiger partial charge in [0.05, 0.1) is 5.69 Å². The van der Waals surface area contributed by atoms with Crippen molar-refractivity contribution in [2.75, 3.05) is 25.6 Å². The Morgan fingerprint density at radius 3 is 2.61 bits per heavy atom. The fourth-order valence-electron chi connectivity index (χ4n) is 2.92. The first-order valence-electron chi connectivity index (χ1n) is 9.65. The summed E-state index contributed by atoms with van der Waals surface area (Å²) in [5.41, 5.74) is 2.31. The van der Waals surface area contributed by atoms with Gasteiger partial charge in [0.2, 0.25) is 0 Å². The third kappa shape index (κ3) is 5.79. The molecule has 0 aliphatic heterocycles. The summed E-state index contributed by atoms with van der Waals surface area (Å²) in [5.74, 6) is 0.498. The van der Waals surface area contributed by atoms with E-state index in [9.17, 15) is 14.4 Å². The van der Waals surface area contributed by atoms with Gasteiger partial charge in [-0.1, -0.05) is 35.5 Å². The van der Waals surface area contributed by atoms with Crippen LogP contribution in [-0.4, -0.2) is 50.4 Å². The van der Waals surface area contributed by atoms with Gasteiger partial charge >= 0.3 is 0 Å². The number of ether oxygens (including phenoxy) is 1. The molecule has 1 heterocycles. The molecule has 0 spiro atoms. The number of hydrogen-bond donors (Lipinski definition) is 1. The van der Waals surface area contributed by atoms with Crippen molar-refractivity contribution in [2.24, 2.45) is 0 Å². The molecule has 8 nitrogen and oxygen atoms in total. The zero-order valence-corrected chi connectivity index (χ0v) is 17.3. The van der Waals surface area contributed by atoms with Crippen LogP contribution in [0.25, 0.3) is 0 Å². The minimum atomic E-state index is -0.887. The van der Waals surface area contributed by atoms with Crippen LogP contribution in [0.15, 0.2) is 59.1 Å². The van der Waals surface area contributed by atoms with Gasteiger partial charge in [-0.2, -0.15) is 0 Å². The lowest BCUT2D eigenvalue weighted by atomic mass is 10.1. The van der Waals surface area contributed by atoms with E-state index < -0.39 is 11.9 Å². The molecule has 0 saturated carbocycles. The van der Waals surface area contributed by atoms with Crippen molar-refractivity contribution >= 4 is 24.2 Å². The molecule has 8 heteroatoms. The van der Waals surface area contributed by atoms with Gasteiger partial charge in [-0.25, -0.2) is 0 Å². The zero-order valence-electron chi connectivity index (χ0n) is 17.3. The number of aldehydes is 2. The van der Waals surface area contributed by atoms with Gasteiger partial charge in [-0.05, 0) is 23.8 Å². The summed E-state index contributed by atoms with van der Waals surface area (Å²) in [6.07, 6.45) is 1.85. The molecule has 3 rings (SSSR count). The lowest BCUT2D eigenvalue weighted by molar-refractivity contribution is -0.110. The van der Waals surface area contributed by atoms with Gasteiger partial charge in [0.15, 0.2) is 5.69 Å². The van der Waals surface area contributed by atoms with Crippen molar-refractivity contribution in [3.05, 3.63) is 77.2 Å². The van der Waals surface area contributed by atoms with Crippen molar-refractivity contribution in [3.63, 3.8) is 0 Å². The van der Waals surface area contributed by atoms with E-state index >= 15 is 0 Å². The van der Waals surface area contributed by atoms with Crippen molar-refractivity contribution in [1.29, 1.82) is 0 Å². The van der Waals surface area contributed by atoms with E-state index in [0.717, 1.165) is 11.8 Å². The first kappa shape index (κ1) is 21.8. The number of nitrogens with zero attached hydrogens (tertiary/aromatic N) is 2. The highest BCUT2D eigenvalue weighted by atomic mass is 16.5. The second kappa shape index (κ2) is 10.2. The van der Waals surface area contributed by atoms with Crippen LogP contribution < -0.4 is 15.0 Å². The average molecular weight is 421 g/mol. The Bertz CT molecular complexity index is 1050. The minimum absolute atomic E-state index is 0.0781. The summed E-state index contributed by atoms with van der Waals surface area (Å²) < 4.78 is 11.0. The van der Waals surface area contributed by atoms with Crippen LogP contribution in [0.3, 0.4) is 0 Å². The second-order valence-corrected chi connectivity index (χ2v) is 7.11. The lowest BCUT2D eigenvalue weighted by Crippen LogP contribution is -2.40.